The highest BCUT2D eigenvalue weighted by atomic mass is 16.5. The number of carbonyl (C=O) groups is 3. The number of carboxylic acid groups (broad SMARTS) is 1. The van der Waals surface area contributed by atoms with Crippen molar-refractivity contribution in [3.63, 3.8) is 0 Å². The minimum absolute atomic E-state index is 0.0691. The summed E-state index contributed by atoms with van der Waals surface area (Å²) in [5.41, 5.74) is 2.55. The topological polar surface area (TPSA) is 105 Å². The molecule has 1 saturated carbocycles. The average molecular weight is 422 g/mol. The summed E-state index contributed by atoms with van der Waals surface area (Å²) in [5.74, 6) is -1.46. The molecule has 0 bridgehead atoms. The SMILES string of the molecule is CC(C)(NC(=O)OCC1c2ccccc2-c2ccccc21)C(=O)NC1(CC(=O)O)CC1. The van der Waals surface area contributed by atoms with Gasteiger partial charge in [-0.05, 0) is 48.9 Å². The van der Waals surface area contributed by atoms with Crippen LogP contribution in [-0.2, 0) is 14.3 Å². The number of carboxylic acids is 1. The number of benzene rings is 2. The van der Waals surface area contributed by atoms with Gasteiger partial charge < -0.3 is 20.5 Å². The first kappa shape index (κ1) is 20.9. The molecular formula is C24H26N2O5. The summed E-state index contributed by atoms with van der Waals surface area (Å²) >= 11 is 0. The molecule has 0 saturated heterocycles. The lowest BCUT2D eigenvalue weighted by molar-refractivity contribution is -0.138. The molecule has 4 rings (SSSR count). The molecule has 31 heavy (non-hydrogen) atoms. The van der Waals surface area contributed by atoms with Crippen molar-refractivity contribution < 1.29 is 24.2 Å². The number of hydrogen-bond acceptors (Lipinski definition) is 4. The van der Waals surface area contributed by atoms with Crippen LogP contribution in [0.5, 0.6) is 0 Å². The number of rotatable bonds is 7. The Balaban J connectivity index is 1.38. The van der Waals surface area contributed by atoms with Gasteiger partial charge in [-0.3, -0.25) is 9.59 Å². The van der Waals surface area contributed by atoms with Crippen LogP contribution in [0, 0.1) is 0 Å². The van der Waals surface area contributed by atoms with E-state index < -0.39 is 29.0 Å². The molecule has 3 N–H and O–H groups in total. The lowest BCUT2D eigenvalue weighted by Gasteiger charge is -2.28. The number of carbonyl (C=O) groups excluding carboxylic acids is 2. The molecule has 7 heteroatoms. The van der Waals surface area contributed by atoms with Gasteiger partial charge in [-0.2, -0.15) is 0 Å². The summed E-state index contributed by atoms with van der Waals surface area (Å²) in [7, 11) is 0. The van der Waals surface area contributed by atoms with Crippen molar-refractivity contribution in [3.05, 3.63) is 59.7 Å². The molecule has 0 aliphatic heterocycles. The van der Waals surface area contributed by atoms with Gasteiger partial charge in [-0.25, -0.2) is 4.79 Å². The lowest BCUT2D eigenvalue weighted by Crippen LogP contribution is -2.57. The van der Waals surface area contributed by atoms with Crippen LogP contribution in [-0.4, -0.2) is 40.8 Å². The first-order valence-corrected chi connectivity index (χ1v) is 10.4. The third kappa shape index (κ3) is 4.26. The predicted molar refractivity (Wildman–Crippen MR) is 115 cm³/mol. The summed E-state index contributed by atoms with van der Waals surface area (Å²) in [6, 6.07) is 16.1. The monoisotopic (exact) mass is 422 g/mol. The first-order valence-electron chi connectivity index (χ1n) is 10.4. The van der Waals surface area contributed by atoms with Gasteiger partial charge in [0.25, 0.3) is 0 Å². The Hall–Kier alpha value is -3.35. The van der Waals surface area contributed by atoms with Crippen LogP contribution in [0.2, 0.25) is 0 Å². The zero-order valence-electron chi connectivity index (χ0n) is 17.6. The molecule has 2 aliphatic carbocycles. The Morgan fingerprint density at radius 3 is 2.10 bits per heavy atom. The molecule has 0 heterocycles. The van der Waals surface area contributed by atoms with Crippen LogP contribution < -0.4 is 10.6 Å². The molecule has 0 spiro atoms. The van der Waals surface area contributed by atoms with E-state index in [1.807, 2.05) is 36.4 Å². The normalized spacial score (nSPS) is 16.1. The quantitative estimate of drug-likeness (QED) is 0.634. The van der Waals surface area contributed by atoms with E-state index in [9.17, 15) is 14.4 Å². The van der Waals surface area contributed by atoms with Crippen LogP contribution in [0.4, 0.5) is 4.79 Å². The second-order valence-electron chi connectivity index (χ2n) is 8.88. The summed E-state index contributed by atoms with van der Waals surface area (Å²) < 4.78 is 5.51. The fraction of sp³-hybridized carbons (Fsp3) is 0.375. The molecule has 0 radical (unpaired) electrons. The van der Waals surface area contributed by atoms with E-state index in [1.54, 1.807) is 13.8 Å². The van der Waals surface area contributed by atoms with Crippen molar-refractivity contribution >= 4 is 18.0 Å². The van der Waals surface area contributed by atoms with Crippen LogP contribution in [0.25, 0.3) is 11.1 Å². The van der Waals surface area contributed by atoms with Gasteiger partial charge in [-0.1, -0.05) is 48.5 Å². The van der Waals surface area contributed by atoms with E-state index in [2.05, 4.69) is 22.8 Å². The Morgan fingerprint density at radius 1 is 1.03 bits per heavy atom. The number of nitrogens with one attached hydrogen (secondary N) is 2. The second kappa shape index (κ2) is 7.72. The first-order chi connectivity index (χ1) is 14.7. The highest BCUT2D eigenvalue weighted by Gasteiger charge is 2.48. The van der Waals surface area contributed by atoms with E-state index in [1.165, 1.54) is 0 Å². The third-order valence-corrected chi connectivity index (χ3v) is 6.05. The number of hydrogen-bond donors (Lipinski definition) is 3. The molecule has 7 nitrogen and oxygen atoms in total. The predicted octanol–water partition coefficient (Wildman–Crippen LogP) is 3.43. The van der Waals surface area contributed by atoms with Gasteiger partial charge in [0.15, 0.2) is 0 Å². The minimum atomic E-state index is -1.24. The highest BCUT2D eigenvalue weighted by molar-refractivity contribution is 5.90. The minimum Gasteiger partial charge on any atom is -0.481 e. The summed E-state index contributed by atoms with van der Waals surface area (Å²) in [6.45, 7) is 3.29. The molecule has 2 aromatic rings. The van der Waals surface area contributed by atoms with Crippen LogP contribution in [0.1, 0.15) is 50.2 Å². The summed E-state index contributed by atoms with van der Waals surface area (Å²) in [4.78, 5) is 36.2. The van der Waals surface area contributed by atoms with Crippen molar-refractivity contribution in [2.75, 3.05) is 6.61 Å². The zero-order chi connectivity index (χ0) is 22.2. The van der Waals surface area contributed by atoms with Crippen molar-refractivity contribution in [2.24, 2.45) is 0 Å². The maximum atomic E-state index is 12.7. The summed E-state index contributed by atoms with van der Waals surface area (Å²) in [5, 5.41) is 14.4. The molecule has 2 aromatic carbocycles. The van der Waals surface area contributed by atoms with Crippen molar-refractivity contribution in [3.8, 4) is 11.1 Å². The molecule has 2 aliphatic rings. The number of fused-ring (bicyclic) bond motifs is 3. The van der Waals surface area contributed by atoms with Gasteiger partial charge >= 0.3 is 12.1 Å². The van der Waals surface area contributed by atoms with Gasteiger partial charge in [-0.15, -0.1) is 0 Å². The maximum absolute atomic E-state index is 12.7. The molecule has 0 aromatic heterocycles. The van der Waals surface area contributed by atoms with E-state index >= 15 is 0 Å². The van der Waals surface area contributed by atoms with Gasteiger partial charge in [0.2, 0.25) is 5.91 Å². The van der Waals surface area contributed by atoms with Crippen LogP contribution >= 0.6 is 0 Å². The standard InChI is InChI=1S/C24H26N2O5/c1-23(2,21(29)25-24(11-12-24)13-20(27)28)26-22(30)31-14-19-17-9-5-3-7-15(17)16-8-4-6-10-18(16)19/h3-10,19H,11-14H2,1-2H3,(H,25,29)(H,26,30)(H,27,28). The molecular weight excluding hydrogens is 396 g/mol. The van der Waals surface area contributed by atoms with Gasteiger partial charge in [0.05, 0.1) is 12.0 Å². The Labute approximate surface area is 180 Å². The Kier molecular flexibility index (Phi) is 5.21. The smallest absolute Gasteiger partial charge is 0.408 e. The largest absolute Gasteiger partial charge is 0.481 e. The molecule has 0 atom stereocenters. The van der Waals surface area contributed by atoms with Crippen LogP contribution in [0.3, 0.4) is 0 Å². The number of amides is 2. The second-order valence-corrected chi connectivity index (χ2v) is 8.88. The Bertz CT molecular complexity index is 996. The van der Waals surface area contributed by atoms with Crippen molar-refractivity contribution in [1.29, 1.82) is 0 Å². The van der Waals surface area contributed by atoms with Crippen molar-refractivity contribution in [2.45, 2.75) is 50.1 Å². The Morgan fingerprint density at radius 2 is 1.58 bits per heavy atom. The van der Waals surface area contributed by atoms with Gasteiger partial charge in [0.1, 0.15) is 12.1 Å². The number of alkyl carbamates (subject to hydrolysis) is 1. The van der Waals surface area contributed by atoms with Crippen molar-refractivity contribution in [1.82, 2.24) is 10.6 Å². The molecule has 1 fully saturated rings. The van der Waals surface area contributed by atoms with Gasteiger partial charge in [0, 0.05) is 5.92 Å². The number of ether oxygens (including phenoxy) is 1. The molecule has 0 unspecified atom stereocenters. The fourth-order valence-corrected chi connectivity index (χ4v) is 4.13. The van der Waals surface area contributed by atoms with E-state index in [0.29, 0.717) is 12.8 Å². The number of aliphatic carboxylic acids is 1. The third-order valence-electron chi connectivity index (χ3n) is 6.05. The lowest BCUT2D eigenvalue weighted by atomic mass is 9.98. The average Bonchev–Trinajstić information content (AvgIpc) is 3.38. The van der Waals surface area contributed by atoms with E-state index in [0.717, 1.165) is 22.3 Å². The molecule has 2 amide bonds. The highest BCUT2D eigenvalue weighted by Crippen LogP contribution is 2.44. The van der Waals surface area contributed by atoms with Crippen LogP contribution in [0.15, 0.2) is 48.5 Å². The van der Waals surface area contributed by atoms with E-state index in [4.69, 9.17) is 9.84 Å². The fourth-order valence-electron chi connectivity index (χ4n) is 4.13. The molecule has 162 valence electrons. The maximum Gasteiger partial charge on any atom is 0.408 e. The zero-order valence-corrected chi connectivity index (χ0v) is 17.6. The summed E-state index contributed by atoms with van der Waals surface area (Å²) in [6.07, 6.45) is 0.419. The van der Waals surface area contributed by atoms with E-state index in [-0.39, 0.29) is 18.9 Å².